The van der Waals surface area contributed by atoms with Gasteiger partial charge in [0, 0.05) is 31.6 Å². The Morgan fingerprint density at radius 1 is 1.35 bits per heavy atom. The molecule has 148 valence electrons. The fraction of sp³-hybridized carbons (Fsp3) is 0.706. The van der Waals surface area contributed by atoms with E-state index in [2.05, 4.69) is 38.0 Å². The Kier molecular flexibility index (Phi) is 8.17. The minimum atomic E-state index is -4.17. The number of likely N-dealkylation sites (tertiary alicyclic amines) is 1. The van der Waals surface area contributed by atoms with Gasteiger partial charge in [0.2, 0.25) is 0 Å². The number of nitrogens with one attached hydrogen (secondary N) is 2. The van der Waals surface area contributed by atoms with Gasteiger partial charge in [0.05, 0.1) is 12.6 Å². The van der Waals surface area contributed by atoms with Gasteiger partial charge in [-0.15, -0.1) is 11.3 Å². The molecule has 2 N–H and O–H groups in total. The molecular weight excluding hydrogens is 363 g/mol. The Morgan fingerprint density at radius 2 is 2.08 bits per heavy atom. The summed E-state index contributed by atoms with van der Waals surface area (Å²) in [5.74, 6) is 0.617. The van der Waals surface area contributed by atoms with E-state index in [0.29, 0.717) is 25.1 Å². The summed E-state index contributed by atoms with van der Waals surface area (Å²) in [5.41, 5.74) is 0. The lowest BCUT2D eigenvalue weighted by Crippen LogP contribution is -2.45. The summed E-state index contributed by atoms with van der Waals surface area (Å²) in [4.78, 5) is 9.22. The van der Waals surface area contributed by atoms with Crippen molar-refractivity contribution in [2.45, 2.75) is 25.1 Å². The van der Waals surface area contributed by atoms with Gasteiger partial charge in [-0.3, -0.25) is 14.8 Å². The zero-order valence-corrected chi connectivity index (χ0v) is 16.2. The van der Waals surface area contributed by atoms with Crippen molar-refractivity contribution in [3.63, 3.8) is 0 Å². The Bertz CT molecular complexity index is 541. The van der Waals surface area contributed by atoms with Crippen LogP contribution in [0.25, 0.3) is 0 Å². The maximum atomic E-state index is 12.3. The van der Waals surface area contributed by atoms with E-state index in [4.69, 9.17) is 0 Å². The number of alkyl halides is 3. The Labute approximate surface area is 157 Å². The van der Waals surface area contributed by atoms with Gasteiger partial charge in [-0.1, -0.05) is 6.07 Å². The van der Waals surface area contributed by atoms with Crippen molar-refractivity contribution in [2.75, 3.05) is 53.4 Å². The monoisotopic (exact) mass is 391 g/mol. The van der Waals surface area contributed by atoms with Crippen LogP contribution in [0.4, 0.5) is 13.2 Å². The van der Waals surface area contributed by atoms with Gasteiger partial charge in [-0.05, 0) is 44.4 Å². The molecule has 0 aromatic carbocycles. The van der Waals surface area contributed by atoms with E-state index in [9.17, 15) is 13.2 Å². The Morgan fingerprint density at radius 3 is 2.65 bits per heavy atom. The number of likely N-dealkylation sites (N-methyl/N-ethyl adjacent to an activating group) is 1. The van der Waals surface area contributed by atoms with Crippen LogP contribution in [0.15, 0.2) is 22.5 Å². The van der Waals surface area contributed by atoms with Gasteiger partial charge in [-0.2, -0.15) is 13.2 Å². The molecule has 2 rings (SSSR count). The summed E-state index contributed by atoms with van der Waals surface area (Å²) >= 11 is 1.75. The lowest BCUT2D eigenvalue weighted by atomic mass is 10.2. The Balaban J connectivity index is 1.79. The number of aliphatic imine (C=N–C) groups is 1. The molecule has 1 aromatic heterocycles. The normalized spacial score (nSPS) is 17.7. The molecule has 1 saturated heterocycles. The van der Waals surface area contributed by atoms with Gasteiger partial charge in [0.1, 0.15) is 0 Å². The van der Waals surface area contributed by atoms with Crippen LogP contribution in [-0.2, 0) is 0 Å². The first-order chi connectivity index (χ1) is 12.4. The van der Waals surface area contributed by atoms with Crippen molar-refractivity contribution in [1.29, 1.82) is 0 Å². The first kappa shape index (κ1) is 21.0. The van der Waals surface area contributed by atoms with E-state index in [0.717, 1.165) is 19.6 Å². The second kappa shape index (κ2) is 10.1. The number of hydrogen-bond acceptors (Lipinski definition) is 4. The molecule has 0 spiro atoms. The molecule has 0 bridgehead atoms. The predicted molar refractivity (Wildman–Crippen MR) is 101 cm³/mol. The van der Waals surface area contributed by atoms with Gasteiger partial charge >= 0.3 is 6.18 Å². The average Bonchev–Trinajstić information content (AvgIpc) is 3.25. The van der Waals surface area contributed by atoms with Crippen LogP contribution in [-0.4, -0.2) is 75.3 Å². The van der Waals surface area contributed by atoms with E-state index in [1.54, 1.807) is 18.4 Å². The van der Waals surface area contributed by atoms with E-state index in [1.165, 1.54) is 29.7 Å². The van der Waals surface area contributed by atoms with Gasteiger partial charge in [0.25, 0.3) is 0 Å². The molecule has 5 nitrogen and oxygen atoms in total. The molecular formula is C17H28F3N5S. The molecule has 1 atom stereocenters. The highest BCUT2D eigenvalue weighted by Gasteiger charge is 2.29. The van der Waals surface area contributed by atoms with Crippen LogP contribution in [0.1, 0.15) is 23.8 Å². The minimum absolute atomic E-state index is 0.292. The SMILES string of the molecule is CN=C(NCCN(C)CC(F)(F)F)NCC(c1cccs1)N1CCCC1. The quantitative estimate of drug-likeness (QED) is 0.528. The number of halogens is 3. The topological polar surface area (TPSA) is 42.9 Å². The lowest BCUT2D eigenvalue weighted by molar-refractivity contribution is -0.142. The number of nitrogens with zero attached hydrogens (tertiary/aromatic N) is 3. The molecule has 1 aliphatic rings. The second-order valence-electron chi connectivity index (χ2n) is 6.51. The van der Waals surface area contributed by atoms with Crippen LogP contribution in [0.5, 0.6) is 0 Å². The van der Waals surface area contributed by atoms with Gasteiger partial charge in [0.15, 0.2) is 5.96 Å². The van der Waals surface area contributed by atoms with Crippen molar-refractivity contribution in [3.8, 4) is 0 Å². The molecule has 1 fully saturated rings. The third kappa shape index (κ3) is 7.13. The minimum Gasteiger partial charge on any atom is -0.355 e. The van der Waals surface area contributed by atoms with Crippen LogP contribution in [0.3, 0.4) is 0 Å². The third-order valence-corrected chi connectivity index (χ3v) is 5.35. The first-order valence-corrected chi connectivity index (χ1v) is 9.74. The summed E-state index contributed by atoms with van der Waals surface area (Å²) in [5, 5.41) is 8.50. The van der Waals surface area contributed by atoms with Crippen LogP contribution in [0.2, 0.25) is 0 Å². The first-order valence-electron chi connectivity index (χ1n) is 8.86. The number of rotatable bonds is 8. The molecule has 0 aliphatic carbocycles. The van der Waals surface area contributed by atoms with Crippen LogP contribution < -0.4 is 10.6 Å². The molecule has 0 saturated carbocycles. The van der Waals surface area contributed by atoms with E-state index < -0.39 is 12.7 Å². The van der Waals surface area contributed by atoms with Crippen LogP contribution in [0, 0.1) is 0 Å². The fourth-order valence-corrected chi connectivity index (χ4v) is 3.97. The van der Waals surface area contributed by atoms with Crippen molar-refractivity contribution < 1.29 is 13.2 Å². The largest absolute Gasteiger partial charge is 0.401 e. The smallest absolute Gasteiger partial charge is 0.355 e. The van der Waals surface area contributed by atoms with Gasteiger partial charge < -0.3 is 10.6 Å². The molecule has 1 aliphatic heterocycles. The number of hydrogen-bond donors (Lipinski definition) is 2. The summed E-state index contributed by atoms with van der Waals surface area (Å²) in [6.45, 7) is 2.70. The van der Waals surface area contributed by atoms with E-state index in [-0.39, 0.29) is 0 Å². The average molecular weight is 392 g/mol. The standard InChI is InChI=1S/C17H28F3N5S/c1-21-16(22-7-10-24(2)13-17(18,19)20)23-12-14(15-6-5-11-26-15)25-8-3-4-9-25/h5-6,11,14H,3-4,7-10,12-13H2,1-2H3,(H2,21,22,23). The highest BCUT2D eigenvalue weighted by Crippen LogP contribution is 2.27. The number of guanidine groups is 1. The maximum absolute atomic E-state index is 12.3. The van der Waals surface area contributed by atoms with Crippen molar-refractivity contribution in [2.24, 2.45) is 4.99 Å². The van der Waals surface area contributed by atoms with Crippen LogP contribution >= 0.6 is 11.3 Å². The maximum Gasteiger partial charge on any atom is 0.401 e. The van der Waals surface area contributed by atoms with E-state index >= 15 is 0 Å². The molecule has 2 heterocycles. The summed E-state index contributed by atoms with van der Waals surface area (Å²) in [6, 6.07) is 4.51. The Hall–Kier alpha value is -1.32. The lowest BCUT2D eigenvalue weighted by Gasteiger charge is -2.27. The molecule has 26 heavy (non-hydrogen) atoms. The molecule has 0 radical (unpaired) electrons. The van der Waals surface area contributed by atoms with Crippen molar-refractivity contribution in [1.82, 2.24) is 20.4 Å². The summed E-state index contributed by atoms with van der Waals surface area (Å²) < 4.78 is 37.0. The predicted octanol–water partition coefficient (Wildman–Crippen LogP) is 2.54. The molecule has 0 amide bonds. The van der Waals surface area contributed by atoms with Crippen molar-refractivity contribution >= 4 is 17.3 Å². The second-order valence-corrected chi connectivity index (χ2v) is 7.49. The zero-order chi connectivity index (χ0) is 19.0. The third-order valence-electron chi connectivity index (χ3n) is 4.37. The number of thiophene rings is 1. The van der Waals surface area contributed by atoms with Gasteiger partial charge in [-0.25, -0.2) is 0 Å². The molecule has 9 heteroatoms. The molecule has 1 aromatic rings. The summed E-state index contributed by atoms with van der Waals surface area (Å²) in [7, 11) is 3.14. The zero-order valence-electron chi connectivity index (χ0n) is 15.4. The summed E-state index contributed by atoms with van der Waals surface area (Å²) in [6.07, 6.45) is -1.72. The fourth-order valence-electron chi connectivity index (χ4n) is 3.11. The highest BCUT2D eigenvalue weighted by molar-refractivity contribution is 7.10. The van der Waals surface area contributed by atoms with Crippen molar-refractivity contribution in [3.05, 3.63) is 22.4 Å². The van der Waals surface area contributed by atoms with E-state index in [1.807, 2.05) is 0 Å². The molecule has 1 unspecified atom stereocenters. The highest BCUT2D eigenvalue weighted by atomic mass is 32.1.